The number of hydrogen-bond donors (Lipinski definition) is 0. The van der Waals surface area contributed by atoms with E-state index in [1.807, 2.05) is 0 Å². The molecule has 0 aliphatic carbocycles. The Balaban J connectivity index is 2.16. The molecule has 1 heterocycles. The Morgan fingerprint density at radius 1 is 0.833 bits per heavy atom. The molecule has 0 saturated heterocycles. The third-order valence-corrected chi connectivity index (χ3v) is 8.26. The van der Waals surface area contributed by atoms with Crippen molar-refractivity contribution in [2.45, 2.75) is 58.5 Å². The van der Waals surface area contributed by atoms with Crippen LogP contribution in [0.25, 0.3) is 21.8 Å². The number of benzene rings is 2. The average Bonchev–Trinajstić information content (AvgIpc) is 2.56. The minimum absolute atomic E-state index is 0.0226. The van der Waals surface area contributed by atoms with Crippen molar-refractivity contribution < 1.29 is 0 Å². The molecular weight excluding hydrogens is 309 g/mol. The lowest BCUT2D eigenvalue weighted by molar-refractivity contribution is 0.996. The van der Waals surface area contributed by atoms with Crippen LogP contribution in [0.4, 0.5) is 0 Å². The van der Waals surface area contributed by atoms with Gasteiger partial charge in [0.1, 0.15) is 0 Å². The predicted molar refractivity (Wildman–Crippen MR) is 110 cm³/mol. The lowest BCUT2D eigenvalue weighted by Crippen LogP contribution is -2.06. The predicted octanol–water partition coefficient (Wildman–Crippen LogP) is 6.75. The van der Waals surface area contributed by atoms with E-state index in [9.17, 15) is 0 Å². The number of aryl methyl sites for hydroxylation is 1. The van der Waals surface area contributed by atoms with Gasteiger partial charge in [0.05, 0.1) is 11.0 Å². The fraction of sp³-hybridized carbons (Fsp3) is 0.409. The van der Waals surface area contributed by atoms with Gasteiger partial charge in [-0.15, -0.1) is 0 Å². The van der Waals surface area contributed by atoms with Crippen molar-refractivity contribution in [3.05, 3.63) is 53.6 Å². The van der Waals surface area contributed by atoms with E-state index in [-0.39, 0.29) is 7.92 Å². The van der Waals surface area contributed by atoms with E-state index in [1.54, 1.807) is 0 Å². The Hall–Kier alpha value is -1.46. The highest BCUT2D eigenvalue weighted by molar-refractivity contribution is 7.58. The molecule has 2 aromatic carbocycles. The van der Waals surface area contributed by atoms with Crippen LogP contribution in [-0.4, -0.2) is 16.3 Å². The summed E-state index contributed by atoms with van der Waals surface area (Å²) in [5, 5.41) is 2.53. The van der Waals surface area contributed by atoms with E-state index in [1.165, 1.54) is 39.1 Å². The molecule has 0 radical (unpaired) electrons. The van der Waals surface area contributed by atoms with Gasteiger partial charge in [0.2, 0.25) is 0 Å². The maximum Gasteiger partial charge on any atom is 0.0745 e. The van der Waals surface area contributed by atoms with Crippen molar-refractivity contribution in [1.82, 2.24) is 4.98 Å². The van der Waals surface area contributed by atoms with Crippen LogP contribution in [0.2, 0.25) is 0 Å². The maximum absolute atomic E-state index is 5.13. The van der Waals surface area contributed by atoms with Crippen LogP contribution in [0, 0.1) is 0 Å². The molecule has 1 aromatic heterocycles. The highest BCUT2D eigenvalue weighted by Gasteiger charge is 2.18. The number of hydrogen-bond acceptors (Lipinski definition) is 1. The van der Waals surface area contributed by atoms with Crippen LogP contribution in [0.3, 0.4) is 0 Å². The molecule has 0 aliphatic rings. The number of fused-ring (bicyclic) bond motifs is 2. The SMILES string of the molecule is CCc1cccc2cc3cccc(CP(C(C)C)C(C)C)c3nc12. The molecule has 0 bridgehead atoms. The summed E-state index contributed by atoms with van der Waals surface area (Å²) in [4.78, 5) is 5.13. The molecular formula is C22H28NP. The molecule has 0 N–H and O–H groups in total. The van der Waals surface area contributed by atoms with E-state index >= 15 is 0 Å². The Kier molecular flexibility index (Phi) is 5.21. The first-order valence-corrected chi connectivity index (χ1v) is 10.7. The van der Waals surface area contributed by atoms with Crippen molar-refractivity contribution in [1.29, 1.82) is 0 Å². The minimum atomic E-state index is -0.0226. The van der Waals surface area contributed by atoms with Crippen molar-refractivity contribution in [3.8, 4) is 0 Å². The van der Waals surface area contributed by atoms with Gasteiger partial charge in [-0.1, -0.05) is 78.9 Å². The summed E-state index contributed by atoms with van der Waals surface area (Å²) in [6.07, 6.45) is 2.21. The normalized spacial score (nSPS) is 12.2. The van der Waals surface area contributed by atoms with Gasteiger partial charge in [0.25, 0.3) is 0 Å². The summed E-state index contributed by atoms with van der Waals surface area (Å²) in [6.45, 7) is 11.7. The Morgan fingerprint density at radius 2 is 1.38 bits per heavy atom. The summed E-state index contributed by atoms with van der Waals surface area (Å²) < 4.78 is 0. The summed E-state index contributed by atoms with van der Waals surface area (Å²) in [5.74, 6) is 0. The average molecular weight is 337 g/mol. The minimum Gasteiger partial charge on any atom is -0.247 e. The van der Waals surface area contributed by atoms with Gasteiger partial charge in [0, 0.05) is 10.8 Å². The maximum atomic E-state index is 5.13. The van der Waals surface area contributed by atoms with Gasteiger partial charge in [-0.2, -0.15) is 0 Å². The smallest absolute Gasteiger partial charge is 0.0745 e. The van der Waals surface area contributed by atoms with Crippen molar-refractivity contribution >= 4 is 29.7 Å². The first kappa shape index (κ1) is 17.4. The third kappa shape index (κ3) is 3.33. The van der Waals surface area contributed by atoms with E-state index in [2.05, 4.69) is 77.1 Å². The molecule has 3 rings (SSSR count). The van der Waals surface area contributed by atoms with Crippen LogP contribution >= 0.6 is 7.92 Å². The second kappa shape index (κ2) is 7.19. The number of aromatic nitrogens is 1. The second-order valence-corrected chi connectivity index (χ2v) is 10.6. The number of nitrogens with zero attached hydrogens (tertiary/aromatic N) is 1. The zero-order chi connectivity index (χ0) is 17.3. The Bertz CT molecular complexity index is 843. The van der Waals surface area contributed by atoms with Gasteiger partial charge < -0.3 is 0 Å². The first-order valence-electron chi connectivity index (χ1n) is 9.07. The van der Waals surface area contributed by atoms with Gasteiger partial charge >= 0.3 is 0 Å². The van der Waals surface area contributed by atoms with Gasteiger partial charge in [-0.3, -0.25) is 0 Å². The van der Waals surface area contributed by atoms with Crippen LogP contribution in [0.15, 0.2) is 42.5 Å². The van der Waals surface area contributed by atoms with Gasteiger partial charge in [-0.25, -0.2) is 4.98 Å². The molecule has 0 saturated carbocycles. The molecule has 0 atom stereocenters. The second-order valence-electron chi connectivity index (χ2n) is 7.18. The molecule has 0 spiro atoms. The monoisotopic (exact) mass is 337 g/mol. The zero-order valence-electron chi connectivity index (χ0n) is 15.5. The molecule has 0 fully saturated rings. The highest BCUT2D eigenvalue weighted by atomic mass is 31.1. The molecule has 126 valence electrons. The number of pyridine rings is 1. The van der Waals surface area contributed by atoms with Crippen LogP contribution in [0.1, 0.15) is 45.7 Å². The molecule has 0 aliphatic heterocycles. The number of rotatable bonds is 5. The molecule has 1 nitrogen and oxygen atoms in total. The van der Waals surface area contributed by atoms with E-state index < -0.39 is 0 Å². The summed E-state index contributed by atoms with van der Waals surface area (Å²) in [6, 6.07) is 15.5. The topological polar surface area (TPSA) is 12.9 Å². The fourth-order valence-corrected chi connectivity index (χ4v) is 6.15. The standard InChI is InChI=1S/C22H28NP/c1-6-17-9-7-10-18-13-19-11-8-12-20(22(19)23-21(17)18)14-24(15(2)3)16(4)5/h7-13,15-16H,6,14H2,1-5H3. The van der Waals surface area contributed by atoms with E-state index in [0.29, 0.717) is 0 Å². The molecule has 2 heteroatoms. The Labute approximate surface area is 147 Å². The molecule has 0 unspecified atom stereocenters. The molecule has 0 amide bonds. The van der Waals surface area contributed by atoms with Crippen molar-refractivity contribution in [3.63, 3.8) is 0 Å². The lowest BCUT2D eigenvalue weighted by Gasteiger charge is -2.26. The third-order valence-electron chi connectivity index (χ3n) is 4.90. The van der Waals surface area contributed by atoms with E-state index in [0.717, 1.165) is 17.7 Å². The van der Waals surface area contributed by atoms with E-state index in [4.69, 9.17) is 4.98 Å². The van der Waals surface area contributed by atoms with Crippen LogP contribution < -0.4 is 0 Å². The zero-order valence-corrected chi connectivity index (χ0v) is 16.4. The quantitative estimate of drug-likeness (QED) is 0.371. The summed E-state index contributed by atoms with van der Waals surface area (Å²) >= 11 is 0. The van der Waals surface area contributed by atoms with Crippen molar-refractivity contribution in [2.24, 2.45) is 0 Å². The summed E-state index contributed by atoms with van der Waals surface area (Å²) in [7, 11) is -0.0226. The van der Waals surface area contributed by atoms with Gasteiger partial charge in [-0.05, 0) is 41.1 Å². The van der Waals surface area contributed by atoms with Crippen molar-refractivity contribution in [2.75, 3.05) is 0 Å². The number of para-hydroxylation sites is 2. The van der Waals surface area contributed by atoms with Crippen LogP contribution in [-0.2, 0) is 12.6 Å². The highest BCUT2D eigenvalue weighted by Crippen LogP contribution is 2.49. The molecule has 3 aromatic rings. The van der Waals surface area contributed by atoms with Gasteiger partial charge in [0.15, 0.2) is 0 Å². The van der Waals surface area contributed by atoms with Crippen LogP contribution in [0.5, 0.6) is 0 Å². The lowest BCUT2D eigenvalue weighted by atomic mass is 10.0. The summed E-state index contributed by atoms with van der Waals surface area (Å²) in [5.41, 5.74) is 6.66. The first-order chi connectivity index (χ1) is 11.5. The fourth-order valence-electron chi connectivity index (χ4n) is 3.58. The molecule has 24 heavy (non-hydrogen) atoms. The largest absolute Gasteiger partial charge is 0.247 e. The Morgan fingerprint density at radius 3 is 1.92 bits per heavy atom.